The van der Waals surface area contributed by atoms with Gasteiger partial charge in [-0.15, -0.1) is 0 Å². The molecule has 3 aromatic rings. The summed E-state index contributed by atoms with van der Waals surface area (Å²) in [7, 11) is 3.31. The van der Waals surface area contributed by atoms with Crippen molar-refractivity contribution in [2.75, 3.05) is 20.8 Å². The molecule has 0 radical (unpaired) electrons. The van der Waals surface area contributed by atoms with Crippen molar-refractivity contribution in [1.29, 1.82) is 0 Å². The summed E-state index contributed by atoms with van der Waals surface area (Å²) in [4.78, 5) is 5.03. The molecule has 0 saturated heterocycles. The van der Waals surface area contributed by atoms with E-state index in [1.807, 2.05) is 67.6 Å². The molecule has 2 unspecified atom stereocenters. The summed E-state index contributed by atoms with van der Waals surface area (Å²) < 4.78 is 16.6. The monoisotopic (exact) mass is 432 g/mol. The van der Waals surface area contributed by atoms with Crippen LogP contribution in [0.4, 0.5) is 0 Å². The van der Waals surface area contributed by atoms with Crippen molar-refractivity contribution in [3.63, 3.8) is 0 Å². The quantitative estimate of drug-likeness (QED) is 0.548. The van der Waals surface area contributed by atoms with Crippen LogP contribution in [0.1, 0.15) is 42.2 Å². The lowest BCUT2D eigenvalue weighted by Gasteiger charge is -2.31. The van der Waals surface area contributed by atoms with Gasteiger partial charge in [-0.25, -0.2) is 0 Å². The van der Waals surface area contributed by atoms with Crippen LogP contribution in [0, 0.1) is 0 Å². The van der Waals surface area contributed by atoms with Gasteiger partial charge in [0.15, 0.2) is 11.5 Å². The minimum atomic E-state index is -0.346. The fourth-order valence-corrected chi connectivity index (χ4v) is 4.03. The summed E-state index contributed by atoms with van der Waals surface area (Å²) in [6, 6.07) is 21.1. The van der Waals surface area contributed by atoms with Gasteiger partial charge in [0, 0.05) is 29.3 Å². The Morgan fingerprint density at radius 3 is 2.47 bits per heavy atom. The molecule has 32 heavy (non-hydrogen) atoms. The van der Waals surface area contributed by atoms with Gasteiger partial charge in [-0.1, -0.05) is 42.5 Å². The first-order chi connectivity index (χ1) is 15.6. The second-order valence-electron chi connectivity index (χ2n) is 7.50. The Morgan fingerprint density at radius 1 is 0.938 bits per heavy atom. The van der Waals surface area contributed by atoms with Crippen molar-refractivity contribution in [3.05, 3.63) is 83.4 Å². The Morgan fingerprint density at radius 2 is 1.69 bits per heavy atom. The van der Waals surface area contributed by atoms with Crippen LogP contribution in [0.5, 0.6) is 23.0 Å². The average molecular weight is 433 g/mol. The molecule has 166 valence electrons. The molecule has 0 amide bonds. The fraction of sp³-hybridized carbons (Fsp3) is 0.269. The van der Waals surface area contributed by atoms with E-state index in [0.717, 1.165) is 33.9 Å². The molecule has 2 N–H and O–H groups in total. The van der Waals surface area contributed by atoms with E-state index in [0.29, 0.717) is 18.8 Å². The predicted molar refractivity (Wildman–Crippen MR) is 125 cm³/mol. The molecule has 6 heteroatoms. The molecule has 1 aliphatic rings. The molecule has 4 rings (SSSR count). The van der Waals surface area contributed by atoms with Crippen molar-refractivity contribution >= 4 is 5.71 Å². The summed E-state index contributed by atoms with van der Waals surface area (Å²) in [6.07, 6.45) is 0.253. The van der Waals surface area contributed by atoms with Gasteiger partial charge in [-0.3, -0.25) is 10.3 Å². The van der Waals surface area contributed by atoms with Crippen LogP contribution in [0.25, 0.3) is 0 Å². The maximum Gasteiger partial charge on any atom is 0.162 e. The zero-order chi connectivity index (χ0) is 22.5. The zero-order valence-corrected chi connectivity index (χ0v) is 18.5. The van der Waals surface area contributed by atoms with Crippen LogP contribution in [0.2, 0.25) is 0 Å². The molecule has 6 nitrogen and oxygen atoms in total. The summed E-state index contributed by atoms with van der Waals surface area (Å²) in [5, 5.41) is 14.5. The number of nitrogens with zero attached hydrogens (tertiary/aromatic N) is 1. The lowest BCUT2D eigenvalue weighted by molar-refractivity contribution is 0.313. The van der Waals surface area contributed by atoms with Crippen molar-refractivity contribution in [2.45, 2.75) is 25.6 Å². The number of nitrogens with one attached hydrogen (secondary N) is 1. The number of para-hydroxylation sites is 2. The molecule has 0 aliphatic carbocycles. The molecule has 0 aromatic heterocycles. The van der Waals surface area contributed by atoms with E-state index in [-0.39, 0.29) is 18.0 Å². The topological polar surface area (TPSA) is 72.3 Å². The standard InChI is InChI=1S/C26H28N2O4/c1-4-32-24-14-8-12-19(25(24)29)22-16-21(17-9-7-10-18(15-17)30-2)27-26(28-22)20-11-5-6-13-23(20)31-3/h5-15,22,26,28-29H,4,16H2,1-3H3. The van der Waals surface area contributed by atoms with Crippen LogP contribution < -0.4 is 19.5 Å². The van der Waals surface area contributed by atoms with Crippen LogP contribution in [-0.4, -0.2) is 31.6 Å². The van der Waals surface area contributed by atoms with Crippen LogP contribution in [0.3, 0.4) is 0 Å². The largest absolute Gasteiger partial charge is 0.504 e. The number of phenols is 1. The van der Waals surface area contributed by atoms with Gasteiger partial charge >= 0.3 is 0 Å². The van der Waals surface area contributed by atoms with Crippen molar-refractivity contribution in [2.24, 2.45) is 4.99 Å². The van der Waals surface area contributed by atoms with Gasteiger partial charge in [0.1, 0.15) is 17.7 Å². The van der Waals surface area contributed by atoms with E-state index < -0.39 is 0 Å². The Bertz CT molecular complexity index is 1110. The highest BCUT2D eigenvalue weighted by atomic mass is 16.5. The number of aliphatic imine (C=N–C) groups is 1. The third-order valence-electron chi connectivity index (χ3n) is 5.58. The Labute approximate surface area is 188 Å². The molecular formula is C26H28N2O4. The molecule has 2 atom stereocenters. The van der Waals surface area contributed by atoms with E-state index >= 15 is 0 Å². The van der Waals surface area contributed by atoms with Gasteiger partial charge in [0.05, 0.1) is 20.8 Å². The van der Waals surface area contributed by atoms with Gasteiger partial charge < -0.3 is 19.3 Å². The summed E-state index contributed by atoms with van der Waals surface area (Å²) in [5.74, 6) is 2.16. The van der Waals surface area contributed by atoms with Gasteiger partial charge in [-0.2, -0.15) is 0 Å². The zero-order valence-electron chi connectivity index (χ0n) is 18.5. The minimum absolute atomic E-state index is 0.150. The SMILES string of the molecule is CCOc1cccc(C2CC(c3cccc(OC)c3)=NC(c3ccccc3OC)N2)c1O. The highest BCUT2D eigenvalue weighted by Gasteiger charge is 2.30. The first-order valence-electron chi connectivity index (χ1n) is 10.7. The van der Waals surface area contributed by atoms with E-state index in [1.54, 1.807) is 20.3 Å². The van der Waals surface area contributed by atoms with Crippen molar-refractivity contribution in [1.82, 2.24) is 5.32 Å². The normalized spacial score (nSPS) is 18.0. The molecule has 0 bridgehead atoms. The number of rotatable bonds is 7. The van der Waals surface area contributed by atoms with Gasteiger partial charge in [0.2, 0.25) is 0 Å². The first-order valence-corrected chi connectivity index (χ1v) is 10.7. The van der Waals surface area contributed by atoms with E-state index in [1.165, 1.54) is 0 Å². The lowest BCUT2D eigenvalue weighted by atomic mass is 9.93. The lowest BCUT2D eigenvalue weighted by Crippen LogP contribution is -2.33. The second kappa shape index (κ2) is 9.75. The average Bonchev–Trinajstić information content (AvgIpc) is 2.85. The fourth-order valence-electron chi connectivity index (χ4n) is 4.03. The number of ether oxygens (including phenoxy) is 3. The van der Waals surface area contributed by atoms with Crippen LogP contribution in [0.15, 0.2) is 71.7 Å². The van der Waals surface area contributed by atoms with Crippen LogP contribution >= 0.6 is 0 Å². The number of phenolic OH excluding ortho intramolecular Hbond substituents is 1. The van der Waals surface area contributed by atoms with E-state index in [4.69, 9.17) is 19.2 Å². The number of hydrogen-bond donors (Lipinski definition) is 2. The van der Waals surface area contributed by atoms with Gasteiger partial charge in [0.25, 0.3) is 0 Å². The van der Waals surface area contributed by atoms with E-state index in [9.17, 15) is 5.11 Å². The maximum absolute atomic E-state index is 10.9. The number of hydrogen-bond acceptors (Lipinski definition) is 6. The molecule has 1 heterocycles. The molecule has 3 aromatic carbocycles. The molecule has 0 spiro atoms. The van der Waals surface area contributed by atoms with Gasteiger partial charge in [-0.05, 0) is 36.8 Å². The molecule has 0 fully saturated rings. The third kappa shape index (κ3) is 4.41. The molecule has 1 aliphatic heterocycles. The van der Waals surface area contributed by atoms with E-state index in [2.05, 4.69) is 5.32 Å². The number of benzene rings is 3. The van der Waals surface area contributed by atoms with Crippen molar-refractivity contribution in [3.8, 4) is 23.0 Å². The summed E-state index contributed by atoms with van der Waals surface area (Å²) >= 11 is 0. The summed E-state index contributed by atoms with van der Waals surface area (Å²) in [6.45, 7) is 2.38. The first kappa shape index (κ1) is 21.7. The Balaban J connectivity index is 1.79. The van der Waals surface area contributed by atoms with Crippen molar-refractivity contribution < 1.29 is 19.3 Å². The highest BCUT2D eigenvalue weighted by molar-refractivity contribution is 6.02. The van der Waals surface area contributed by atoms with Crippen LogP contribution in [-0.2, 0) is 0 Å². The summed E-state index contributed by atoms with van der Waals surface area (Å²) in [5.41, 5.74) is 3.60. The third-order valence-corrected chi connectivity index (χ3v) is 5.58. The predicted octanol–water partition coefficient (Wildman–Crippen LogP) is 5.03. The highest BCUT2D eigenvalue weighted by Crippen LogP contribution is 2.40. The molecule has 0 saturated carbocycles. The maximum atomic E-state index is 10.9. The second-order valence-corrected chi connectivity index (χ2v) is 7.50. The number of methoxy groups -OCH3 is 2. The molecular weight excluding hydrogens is 404 g/mol. The Kier molecular flexibility index (Phi) is 6.61. The smallest absolute Gasteiger partial charge is 0.162 e. The number of aromatic hydroxyl groups is 1. The Hall–Kier alpha value is -3.51. The minimum Gasteiger partial charge on any atom is -0.504 e.